The van der Waals surface area contributed by atoms with Gasteiger partial charge in [-0.15, -0.1) is 0 Å². The Bertz CT molecular complexity index is 454. The summed E-state index contributed by atoms with van der Waals surface area (Å²) in [6, 6.07) is 3.82. The Kier molecular flexibility index (Phi) is 4.24. The van der Waals surface area contributed by atoms with Gasteiger partial charge < -0.3 is 15.4 Å². The first kappa shape index (κ1) is 13.6. The molecule has 0 aliphatic carbocycles. The van der Waals surface area contributed by atoms with Gasteiger partial charge in [0.25, 0.3) is 0 Å². The van der Waals surface area contributed by atoms with E-state index in [1.54, 1.807) is 0 Å². The van der Waals surface area contributed by atoms with Crippen LogP contribution in [0.2, 0.25) is 0 Å². The second-order valence-corrected chi connectivity index (χ2v) is 4.86. The van der Waals surface area contributed by atoms with Crippen LogP contribution in [0.15, 0.2) is 12.1 Å². The Morgan fingerprint density at radius 3 is 2.74 bits per heavy atom. The van der Waals surface area contributed by atoms with Gasteiger partial charge in [0.05, 0.1) is 23.9 Å². The number of aryl methyl sites for hydroxylation is 1. The van der Waals surface area contributed by atoms with Crippen LogP contribution in [0, 0.1) is 12.8 Å². The molecular weight excluding hydrogens is 242 g/mol. The quantitative estimate of drug-likeness (QED) is 0.841. The molecule has 1 aromatic rings. The van der Waals surface area contributed by atoms with E-state index in [4.69, 9.17) is 10.5 Å². The fourth-order valence-corrected chi connectivity index (χ4v) is 2.34. The Balaban J connectivity index is 1.96. The summed E-state index contributed by atoms with van der Waals surface area (Å²) < 4.78 is 5.07. The lowest BCUT2D eigenvalue weighted by Crippen LogP contribution is -2.37. The monoisotopic (exact) mass is 263 g/mol. The molecular formula is C14H21N3O2. The van der Waals surface area contributed by atoms with Crippen molar-refractivity contribution in [1.29, 1.82) is 0 Å². The van der Waals surface area contributed by atoms with Gasteiger partial charge in [-0.1, -0.05) is 0 Å². The molecule has 1 aliphatic rings. The molecule has 1 aromatic heterocycles. The maximum Gasteiger partial charge on any atom is 0.309 e. The third-order valence-corrected chi connectivity index (χ3v) is 3.55. The second-order valence-electron chi connectivity index (χ2n) is 4.86. The summed E-state index contributed by atoms with van der Waals surface area (Å²) in [7, 11) is 0. The van der Waals surface area contributed by atoms with Gasteiger partial charge >= 0.3 is 5.97 Å². The fraction of sp³-hybridized carbons (Fsp3) is 0.571. The number of esters is 1. The van der Waals surface area contributed by atoms with Gasteiger partial charge in [0, 0.05) is 13.1 Å². The average Bonchev–Trinajstić information content (AvgIpc) is 2.42. The lowest BCUT2D eigenvalue weighted by atomic mass is 9.97. The number of aromatic nitrogens is 1. The standard InChI is InChI=1S/C14H21N3O2/c1-3-19-14(18)11-6-8-17(9-7-11)13-5-4-12(15)10(2)16-13/h4-5,11H,3,6-9,15H2,1-2H3. The summed E-state index contributed by atoms with van der Waals surface area (Å²) in [6.45, 7) is 5.87. The van der Waals surface area contributed by atoms with E-state index in [9.17, 15) is 4.79 Å². The molecule has 104 valence electrons. The van der Waals surface area contributed by atoms with Crippen LogP contribution in [-0.2, 0) is 9.53 Å². The Morgan fingerprint density at radius 1 is 1.47 bits per heavy atom. The highest BCUT2D eigenvalue weighted by Crippen LogP contribution is 2.24. The van der Waals surface area contributed by atoms with Gasteiger partial charge in [-0.05, 0) is 38.8 Å². The molecule has 0 amide bonds. The lowest BCUT2D eigenvalue weighted by Gasteiger charge is -2.31. The molecule has 2 rings (SSSR count). The van der Waals surface area contributed by atoms with Gasteiger partial charge in [0.1, 0.15) is 5.82 Å². The number of hydrogen-bond acceptors (Lipinski definition) is 5. The first-order chi connectivity index (χ1) is 9.11. The second kappa shape index (κ2) is 5.91. The minimum Gasteiger partial charge on any atom is -0.466 e. The predicted octanol–water partition coefficient (Wildman–Crippen LogP) is 1.75. The van der Waals surface area contributed by atoms with E-state index < -0.39 is 0 Å². The number of ether oxygens (including phenoxy) is 1. The molecule has 0 radical (unpaired) electrons. The van der Waals surface area contributed by atoms with E-state index in [-0.39, 0.29) is 11.9 Å². The van der Waals surface area contributed by atoms with Gasteiger partial charge in [-0.2, -0.15) is 0 Å². The van der Waals surface area contributed by atoms with Gasteiger partial charge in [-0.3, -0.25) is 4.79 Å². The number of nitrogens with two attached hydrogens (primary N) is 1. The van der Waals surface area contributed by atoms with E-state index in [1.807, 2.05) is 26.0 Å². The molecule has 5 heteroatoms. The van der Waals surface area contributed by atoms with Crippen molar-refractivity contribution in [3.8, 4) is 0 Å². The van der Waals surface area contributed by atoms with Crippen LogP contribution in [0.5, 0.6) is 0 Å². The predicted molar refractivity (Wildman–Crippen MR) is 75.0 cm³/mol. The molecule has 1 aliphatic heterocycles. The summed E-state index contributed by atoms with van der Waals surface area (Å²) in [5.74, 6) is 0.906. The van der Waals surface area contributed by atoms with Crippen molar-refractivity contribution in [3.63, 3.8) is 0 Å². The first-order valence-electron chi connectivity index (χ1n) is 6.76. The van der Waals surface area contributed by atoms with Crippen LogP contribution in [0.3, 0.4) is 0 Å². The number of carbonyl (C=O) groups is 1. The van der Waals surface area contributed by atoms with Crippen molar-refractivity contribution in [2.75, 3.05) is 30.3 Å². The topological polar surface area (TPSA) is 68.5 Å². The van der Waals surface area contributed by atoms with Crippen molar-refractivity contribution < 1.29 is 9.53 Å². The zero-order chi connectivity index (χ0) is 13.8. The molecule has 2 heterocycles. The summed E-state index contributed by atoms with van der Waals surface area (Å²) in [4.78, 5) is 18.4. The van der Waals surface area contributed by atoms with Crippen LogP contribution in [0.25, 0.3) is 0 Å². The Hall–Kier alpha value is -1.78. The zero-order valence-electron chi connectivity index (χ0n) is 11.6. The number of hydrogen-bond donors (Lipinski definition) is 1. The minimum atomic E-state index is -0.0661. The van der Waals surface area contributed by atoms with Gasteiger partial charge in [0.2, 0.25) is 0 Å². The van der Waals surface area contributed by atoms with Gasteiger partial charge in [-0.25, -0.2) is 4.98 Å². The molecule has 1 saturated heterocycles. The largest absolute Gasteiger partial charge is 0.466 e. The first-order valence-corrected chi connectivity index (χ1v) is 6.76. The maximum absolute atomic E-state index is 11.7. The molecule has 2 N–H and O–H groups in total. The number of carbonyl (C=O) groups excluding carboxylic acids is 1. The lowest BCUT2D eigenvalue weighted by molar-refractivity contribution is -0.148. The number of nitrogen functional groups attached to an aromatic ring is 1. The maximum atomic E-state index is 11.7. The molecule has 19 heavy (non-hydrogen) atoms. The highest BCUT2D eigenvalue weighted by Gasteiger charge is 2.26. The van der Waals surface area contributed by atoms with Crippen LogP contribution in [0.1, 0.15) is 25.5 Å². The molecule has 0 spiro atoms. The van der Waals surface area contributed by atoms with Crippen molar-refractivity contribution in [1.82, 2.24) is 4.98 Å². The third kappa shape index (κ3) is 3.16. The van der Waals surface area contributed by atoms with E-state index >= 15 is 0 Å². The number of piperidine rings is 1. The number of pyridine rings is 1. The van der Waals surface area contributed by atoms with Crippen molar-refractivity contribution in [2.24, 2.45) is 5.92 Å². The molecule has 0 unspecified atom stereocenters. The minimum absolute atomic E-state index is 0.0334. The summed E-state index contributed by atoms with van der Waals surface area (Å²) >= 11 is 0. The van der Waals surface area contributed by atoms with Crippen LogP contribution in [-0.4, -0.2) is 30.6 Å². The normalized spacial score (nSPS) is 16.4. The van der Waals surface area contributed by atoms with E-state index in [1.165, 1.54) is 0 Å². The molecule has 5 nitrogen and oxygen atoms in total. The number of rotatable bonds is 3. The van der Waals surface area contributed by atoms with Crippen LogP contribution in [0.4, 0.5) is 11.5 Å². The summed E-state index contributed by atoms with van der Waals surface area (Å²) in [5.41, 5.74) is 7.34. The third-order valence-electron chi connectivity index (χ3n) is 3.55. The van der Waals surface area contributed by atoms with Crippen molar-refractivity contribution in [2.45, 2.75) is 26.7 Å². The Labute approximate surface area is 113 Å². The van der Waals surface area contributed by atoms with Gasteiger partial charge in [0.15, 0.2) is 0 Å². The average molecular weight is 263 g/mol. The molecule has 1 fully saturated rings. The molecule has 0 aromatic carbocycles. The molecule has 0 saturated carbocycles. The van der Waals surface area contributed by atoms with E-state index in [0.717, 1.165) is 37.4 Å². The van der Waals surface area contributed by atoms with E-state index in [0.29, 0.717) is 12.3 Å². The zero-order valence-corrected chi connectivity index (χ0v) is 11.6. The smallest absolute Gasteiger partial charge is 0.309 e. The highest BCUT2D eigenvalue weighted by molar-refractivity contribution is 5.72. The fourth-order valence-electron chi connectivity index (χ4n) is 2.34. The van der Waals surface area contributed by atoms with Crippen LogP contribution >= 0.6 is 0 Å². The molecule has 0 atom stereocenters. The van der Waals surface area contributed by atoms with Crippen molar-refractivity contribution in [3.05, 3.63) is 17.8 Å². The summed E-state index contributed by atoms with van der Waals surface area (Å²) in [5, 5.41) is 0. The SMILES string of the molecule is CCOC(=O)C1CCN(c2ccc(N)c(C)n2)CC1. The highest BCUT2D eigenvalue weighted by atomic mass is 16.5. The molecule has 0 bridgehead atoms. The van der Waals surface area contributed by atoms with E-state index in [2.05, 4.69) is 9.88 Å². The summed E-state index contributed by atoms with van der Waals surface area (Å²) in [6.07, 6.45) is 1.65. The number of anilines is 2. The van der Waals surface area contributed by atoms with Crippen molar-refractivity contribution >= 4 is 17.5 Å². The van der Waals surface area contributed by atoms with Crippen LogP contribution < -0.4 is 10.6 Å². The Morgan fingerprint density at radius 2 is 2.16 bits per heavy atom. The number of nitrogens with zero attached hydrogens (tertiary/aromatic N) is 2.